The van der Waals surface area contributed by atoms with Crippen molar-refractivity contribution >= 4 is 29.4 Å². The fourth-order valence-corrected chi connectivity index (χ4v) is 6.05. The molecule has 6 rings (SSSR count). The number of aliphatic imine (C=N–C) groups is 1. The van der Waals surface area contributed by atoms with Gasteiger partial charge in [0.1, 0.15) is 16.3 Å². The number of amides is 1. The van der Waals surface area contributed by atoms with Crippen LogP contribution in [0.2, 0.25) is 0 Å². The first-order valence-electron chi connectivity index (χ1n) is 11.6. The van der Waals surface area contributed by atoms with Crippen LogP contribution in [-0.4, -0.2) is 50.7 Å². The van der Waals surface area contributed by atoms with Crippen LogP contribution >= 0.6 is 11.8 Å². The highest BCUT2D eigenvalue weighted by atomic mass is 32.2. The van der Waals surface area contributed by atoms with Gasteiger partial charge < -0.3 is 0 Å². The Morgan fingerprint density at radius 2 is 1.94 bits per heavy atom. The lowest BCUT2D eigenvalue weighted by molar-refractivity contribution is 0.0127. The molecule has 0 saturated heterocycles. The van der Waals surface area contributed by atoms with Crippen LogP contribution < -0.4 is 4.90 Å². The SMILES string of the molecule is CN1C(=O)c2c(nn(Cc3ccc(C(C)(F)F)nc3)c2Sc2ccccc2)N2C1=N[C@@H]1CCC[C@@H]12. The average Bonchev–Trinajstić information content (AvgIpc) is 3.52. The number of halogens is 2. The molecule has 1 aliphatic carbocycles. The smallest absolute Gasteiger partial charge is 0.286 e. The van der Waals surface area contributed by atoms with E-state index in [1.54, 1.807) is 22.7 Å². The molecule has 0 N–H and O–H groups in total. The van der Waals surface area contributed by atoms with Crippen LogP contribution in [-0.2, 0) is 12.5 Å². The summed E-state index contributed by atoms with van der Waals surface area (Å²) in [5, 5.41) is 5.63. The van der Waals surface area contributed by atoms with Crippen LogP contribution in [0.25, 0.3) is 0 Å². The molecule has 3 aromatic rings. The maximum absolute atomic E-state index is 13.6. The van der Waals surface area contributed by atoms with Crippen molar-refractivity contribution in [1.29, 1.82) is 0 Å². The number of hydrogen-bond acceptors (Lipinski definition) is 6. The van der Waals surface area contributed by atoms with Crippen molar-refractivity contribution in [3.63, 3.8) is 0 Å². The van der Waals surface area contributed by atoms with Gasteiger partial charge in [0.15, 0.2) is 5.82 Å². The maximum atomic E-state index is 13.6. The van der Waals surface area contributed by atoms with Crippen LogP contribution in [0, 0.1) is 0 Å². The number of benzene rings is 1. The molecule has 7 nitrogen and oxygen atoms in total. The highest BCUT2D eigenvalue weighted by Gasteiger charge is 2.49. The summed E-state index contributed by atoms with van der Waals surface area (Å²) in [4.78, 5) is 27.1. The quantitative estimate of drug-likeness (QED) is 0.511. The maximum Gasteiger partial charge on any atom is 0.286 e. The first-order valence-corrected chi connectivity index (χ1v) is 12.4. The van der Waals surface area contributed by atoms with Gasteiger partial charge in [-0.15, -0.1) is 0 Å². The van der Waals surface area contributed by atoms with E-state index in [1.165, 1.54) is 24.0 Å². The van der Waals surface area contributed by atoms with Gasteiger partial charge in [-0.3, -0.25) is 24.3 Å². The number of fused-ring (bicyclic) bond motifs is 5. The van der Waals surface area contributed by atoms with Crippen molar-refractivity contribution < 1.29 is 13.6 Å². The second-order valence-electron chi connectivity index (χ2n) is 9.25. The number of aromatic nitrogens is 3. The summed E-state index contributed by atoms with van der Waals surface area (Å²) >= 11 is 1.47. The third kappa shape index (κ3) is 3.71. The van der Waals surface area contributed by atoms with Gasteiger partial charge in [-0.05, 0) is 43.0 Å². The number of hydrogen-bond donors (Lipinski definition) is 0. The summed E-state index contributed by atoms with van der Waals surface area (Å²) in [5.74, 6) is -1.85. The number of guanidine groups is 1. The number of pyridine rings is 1. The average molecular weight is 495 g/mol. The van der Waals surface area contributed by atoms with Gasteiger partial charge in [0.05, 0.1) is 18.6 Å². The van der Waals surface area contributed by atoms with Crippen LogP contribution in [0.3, 0.4) is 0 Å². The van der Waals surface area contributed by atoms with Crippen molar-refractivity contribution in [2.24, 2.45) is 4.99 Å². The predicted molar refractivity (Wildman–Crippen MR) is 129 cm³/mol. The zero-order valence-electron chi connectivity index (χ0n) is 19.4. The van der Waals surface area contributed by atoms with E-state index in [1.807, 2.05) is 30.3 Å². The first-order chi connectivity index (χ1) is 16.8. The Hall–Kier alpha value is -3.27. The molecule has 3 aliphatic rings. The Morgan fingerprint density at radius 1 is 1.14 bits per heavy atom. The Kier molecular flexibility index (Phi) is 5.17. The van der Waals surface area contributed by atoms with Crippen LogP contribution in [0.4, 0.5) is 14.6 Å². The molecule has 0 spiro atoms. The summed E-state index contributed by atoms with van der Waals surface area (Å²) in [6.45, 7) is 1.13. The van der Waals surface area contributed by atoms with Crippen LogP contribution in [0.1, 0.15) is 47.8 Å². The third-order valence-electron chi connectivity index (χ3n) is 6.77. The van der Waals surface area contributed by atoms with Crippen molar-refractivity contribution in [1.82, 2.24) is 19.7 Å². The van der Waals surface area contributed by atoms with Gasteiger partial charge in [-0.25, -0.2) is 4.99 Å². The van der Waals surface area contributed by atoms with Crippen LogP contribution in [0.5, 0.6) is 0 Å². The predicted octanol–water partition coefficient (Wildman–Crippen LogP) is 4.77. The van der Waals surface area contributed by atoms with Crippen molar-refractivity contribution in [3.05, 3.63) is 65.5 Å². The van der Waals surface area contributed by atoms with E-state index in [2.05, 4.69) is 9.88 Å². The lowest BCUT2D eigenvalue weighted by Crippen LogP contribution is -2.51. The molecule has 2 aliphatic heterocycles. The van der Waals surface area contributed by atoms with E-state index in [4.69, 9.17) is 10.1 Å². The molecule has 0 bridgehead atoms. The lowest BCUT2D eigenvalue weighted by atomic mass is 10.1. The van der Waals surface area contributed by atoms with E-state index in [-0.39, 0.29) is 23.7 Å². The highest BCUT2D eigenvalue weighted by molar-refractivity contribution is 7.99. The second-order valence-corrected chi connectivity index (χ2v) is 10.3. The van der Waals surface area contributed by atoms with Gasteiger partial charge in [-0.1, -0.05) is 36.0 Å². The van der Waals surface area contributed by atoms with Gasteiger partial charge in [0, 0.05) is 25.1 Å². The monoisotopic (exact) mass is 494 g/mol. The number of nitrogens with zero attached hydrogens (tertiary/aromatic N) is 6. The minimum Gasteiger partial charge on any atom is -0.289 e. The summed E-state index contributed by atoms with van der Waals surface area (Å²) in [6, 6.07) is 13.2. The topological polar surface area (TPSA) is 66.6 Å². The van der Waals surface area contributed by atoms with Gasteiger partial charge in [0.2, 0.25) is 5.96 Å². The number of carbonyl (C=O) groups excluding carboxylic acids is 1. The molecule has 0 unspecified atom stereocenters. The molecule has 35 heavy (non-hydrogen) atoms. The first kappa shape index (κ1) is 22.2. The number of carbonyl (C=O) groups is 1. The van der Waals surface area contributed by atoms with Gasteiger partial charge >= 0.3 is 0 Å². The van der Waals surface area contributed by atoms with Crippen molar-refractivity contribution in [2.45, 2.75) is 60.7 Å². The molecule has 4 heterocycles. The Labute approximate surface area is 205 Å². The van der Waals surface area contributed by atoms with Crippen LogP contribution in [0.15, 0.2) is 63.6 Å². The second kappa shape index (κ2) is 8.15. The largest absolute Gasteiger partial charge is 0.289 e. The fourth-order valence-electron chi connectivity index (χ4n) is 5.04. The lowest BCUT2D eigenvalue weighted by Gasteiger charge is -2.34. The molecule has 1 amide bonds. The molecule has 10 heteroatoms. The number of anilines is 1. The summed E-state index contributed by atoms with van der Waals surface area (Å²) < 4.78 is 29.1. The minimum atomic E-state index is -3.00. The Morgan fingerprint density at radius 3 is 2.66 bits per heavy atom. The summed E-state index contributed by atoms with van der Waals surface area (Å²) in [6.07, 6.45) is 4.56. The highest BCUT2D eigenvalue weighted by Crippen LogP contribution is 2.44. The van der Waals surface area contributed by atoms with E-state index in [0.29, 0.717) is 28.9 Å². The van der Waals surface area contributed by atoms with Crippen molar-refractivity contribution in [3.8, 4) is 0 Å². The molecule has 1 saturated carbocycles. The minimum absolute atomic E-state index is 0.140. The van der Waals surface area contributed by atoms with E-state index < -0.39 is 5.92 Å². The zero-order valence-corrected chi connectivity index (χ0v) is 20.2. The molecule has 1 fully saturated rings. The Bertz CT molecular complexity index is 1320. The number of rotatable bonds is 5. The standard InChI is InChI=1S/C25H24F2N6OS/c1-25(26,27)19-12-11-15(13-28-19)14-32-23(35-16-7-4-3-5-8-16)20-21(30-32)33-18-10-6-9-17(18)29-24(33)31(2)22(20)34/h3-5,7-8,11-13,17-18H,6,9-10,14H2,1-2H3/t17-,18+/m1/s1. The molecule has 2 aromatic heterocycles. The molecule has 2 atom stereocenters. The van der Waals surface area contributed by atoms with Crippen molar-refractivity contribution in [2.75, 3.05) is 11.9 Å². The van der Waals surface area contributed by atoms with Gasteiger partial charge in [-0.2, -0.15) is 13.9 Å². The van der Waals surface area contributed by atoms with E-state index >= 15 is 0 Å². The normalized spacial score (nSPS) is 21.1. The molecular weight excluding hydrogens is 470 g/mol. The zero-order chi connectivity index (χ0) is 24.3. The van der Waals surface area contributed by atoms with E-state index in [0.717, 1.165) is 36.6 Å². The summed E-state index contributed by atoms with van der Waals surface area (Å²) in [5.41, 5.74) is 1.00. The number of alkyl halides is 2. The molecule has 1 aromatic carbocycles. The van der Waals surface area contributed by atoms with E-state index in [9.17, 15) is 13.6 Å². The third-order valence-corrected chi connectivity index (χ3v) is 7.89. The molecule has 0 radical (unpaired) electrons. The fraction of sp³-hybridized carbons (Fsp3) is 0.360. The molecule has 180 valence electrons. The summed E-state index contributed by atoms with van der Waals surface area (Å²) in [7, 11) is 1.76. The Balaban J connectivity index is 1.45. The van der Waals surface area contributed by atoms with Gasteiger partial charge in [0.25, 0.3) is 11.8 Å². The molecular formula is C25H24F2N6OS.